The fraction of sp³-hybridized carbons (Fsp3) is 0.455. The maximum Gasteiger partial charge on any atom is 0.341 e. The van der Waals surface area contributed by atoms with Crippen molar-refractivity contribution in [3.63, 3.8) is 0 Å². The lowest BCUT2D eigenvalue weighted by Gasteiger charge is -2.17. The molecule has 0 saturated heterocycles. The smallest absolute Gasteiger partial charge is 0.341 e. The van der Waals surface area contributed by atoms with Gasteiger partial charge in [-0.2, -0.15) is 4.98 Å². The van der Waals surface area contributed by atoms with Crippen molar-refractivity contribution in [1.82, 2.24) is 4.98 Å². The van der Waals surface area contributed by atoms with E-state index in [4.69, 9.17) is 21.4 Å². The molecule has 0 aromatic carbocycles. The number of hydrogen-bond acceptors (Lipinski definition) is 4. The van der Waals surface area contributed by atoms with Crippen molar-refractivity contribution in [2.75, 3.05) is 19.0 Å². The first-order chi connectivity index (χ1) is 7.82. The van der Waals surface area contributed by atoms with Gasteiger partial charge in [0.2, 0.25) is 5.88 Å². The van der Waals surface area contributed by atoms with Gasteiger partial charge in [0, 0.05) is 14.1 Å². The second kappa shape index (κ2) is 5.23. The summed E-state index contributed by atoms with van der Waals surface area (Å²) in [6, 6.07) is 1.35. The summed E-state index contributed by atoms with van der Waals surface area (Å²) in [4.78, 5) is 16.9. The Morgan fingerprint density at radius 3 is 2.53 bits per heavy atom. The first kappa shape index (κ1) is 13.6. The molecule has 0 atom stereocenters. The Labute approximate surface area is 105 Å². The molecule has 0 saturated carbocycles. The summed E-state index contributed by atoms with van der Waals surface area (Å²) in [5.41, 5.74) is -0.0331. The number of aromatic nitrogens is 1. The van der Waals surface area contributed by atoms with Crippen LogP contribution in [0.2, 0.25) is 5.02 Å². The van der Waals surface area contributed by atoms with Crippen molar-refractivity contribution >= 4 is 23.4 Å². The maximum absolute atomic E-state index is 11.0. The molecule has 0 aliphatic carbocycles. The van der Waals surface area contributed by atoms with E-state index in [1.807, 2.05) is 0 Å². The Hall–Kier alpha value is -1.49. The lowest BCUT2D eigenvalue weighted by Crippen LogP contribution is -2.16. The molecule has 0 radical (unpaired) electrons. The molecular formula is C11H15ClN2O3. The number of halogens is 1. The van der Waals surface area contributed by atoms with E-state index in [0.29, 0.717) is 5.82 Å². The summed E-state index contributed by atoms with van der Waals surface area (Å²) in [5, 5.41) is 9.32. The largest absolute Gasteiger partial charge is 0.477 e. The van der Waals surface area contributed by atoms with Gasteiger partial charge in [0.1, 0.15) is 5.56 Å². The van der Waals surface area contributed by atoms with Crippen LogP contribution in [-0.4, -0.2) is 36.3 Å². The monoisotopic (exact) mass is 258 g/mol. The second-order valence-electron chi connectivity index (χ2n) is 4.01. The number of carboxylic acids is 1. The lowest BCUT2D eigenvalue weighted by atomic mass is 10.2. The van der Waals surface area contributed by atoms with Gasteiger partial charge in [-0.25, -0.2) is 4.79 Å². The first-order valence-corrected chi connectivity index (χ1v) is 5.48. The minimum absolute atomic E-state index is 0.0331. The zero-order valence-corrected chi connectivity index (χ0v) is 10.9. The highest BCUT2D eigenvalue weighted by molar-refractivity contribution is 6.33. The average molecular weight is 259 g/mol. The van der Waals surface area contributed by atoms with E-state index in [0.717, 1.165) is 0 Å². The number of hydrogen-bond donors (Lipinski definition) is 1. The minimum Gasteiger partial charge on any atom is -0.477 e. The predicted molar refractivity (Wildman–Crippen MR) is 66.3 cm³/mol. The third-order valence-corrected chi connectivity index (χ3v) is 2.20. The topological polar surface area (TPSA) is 62.7 Å². The van der Waals surface area contributed by atoms with Gasteiger partial charge in [0.15, 0.2) is 5.82 Å². The summed E-state index contributed by atoms with van der Waals surface area (Å²) in [6.07, 6.45) is -0.156. The van der Waals surface area contributed by atoms with Gasteiger partial charge in [-0.05, 0) is 19.9 Å². The average Bonchev–Trinajstić information content (AvgIpc) is 2.18. The molecule has 0 amide bonds. The highest BCUT2D eigenvalue weighted by Crippen LogP contribution is 2.29. The van der Waals surface area contributed by atoms with Crippen LogP contribution in [0.15, 0.2) is 6.07 Å². The number of anilines is 1. The van der Waals surface area contributed by atoms with Crippen molar-refractivity contribution < 1.29 is 14.6 Å². The highest BCUT2D eigenvalue weighted by Gasteiger charge is 2.18. The minimum atomic E-state index is -1.11. The molecule has 0 fully saturated rings. The van der Waals surface area contributed by atoms with E-state index >= 15 is 0 Å². The number of ether oxygens (including phenoxy) is 1. The summed E-state index contributed by atoms with van der Waals surface area (Å²) in [6.45, 7) is 3.61. The Kier molecular flexibility index (Phi) is 4.17. The predicted octanol–water partition coefficient (Wildman–Crippen LogP) is 2.29. The van der Waals surface area contributed by atoms with E-state index < -0.39 is 5.97 Å². The summed E-state index contributed by atoms with van der Waals surface area (Å²) >= 11 is 5.95. The molecular weight excluding hydrogens is 244 g/mol. The number of rotatable bonds is 4. The molecule has 1 aromatic heterocycles. The van der Waals surface area contributed by atoms with Gasteiger partial charge in [-0.1, -0.05) is 11.6 Å². The van der Waals surface area contributed by atoms with E-state index in [1.165, 1.54) is 6.07 Å². The third kappa shape index (κ3) is 3.23. The van der Waals surface area contributed by atoms with Gasteiger partial charge in [0.05, 0.1) is 11.1 Å². The molecule has 94 valence electrons. The van der Waals surface area contributed by atoms with E-state index in [1.54, 1.807) is 32.8 Å². The standard InChI is InChI=1S/C11H15ClN2O3/c1-6(2)17-10-7(11(15)16)5-8(12)9(13-10)14(3)4/h5-6H,1-4H3,(H,15,16). The van der Waals surface area contributed by atoms with Crippen molar-refractivity contribution in [1.29, 1.82) is 0 Å². The fourth-order valence-corrected chi connectivity index (χ4v) is 1.56. The molecule has 0 bridgehead atoms. The van der Waals surface area contributed by atoms with Crippen LogP contribution in [0, 0.1) is 0 Å². The van der Waals surface area contributed by atoms with Crippen molar-refractivity contribution in [3.8, 4) is 5.88 Å². The molecule has 0 spiro atoms. The van der Waals surface area contributed by atoms with Crippen molar-refractivity contribution in [3.05, 3.63) is 16.7 Å². The van der Waals surface area contributed by atoms with Crippen LogP contribution >= 0.6 is 11.6 Å². The quantitative estimate of drug-likeness (QED) is 0.898. The molecule has 6 heteroatoms. The molecule has 0 aliphatic heterocycles. The van der Waals surface area contributed by atoms with Crippen LogP contribution in [0.3, 0.4) is 0 Å². The second-order valence-corrected chi connectivity index (χ2v) is 4.42. The third-order valence-electron chi connectivity index (χ3n) is 1.92. The Bertz CT molecular complexity index is 433. The molecule has 1 aromatic rings. The zero-order valence-electron chi connectivity index (χ0n) is 10.2. The highest BCUT2D eigenvalue weighted by atomic mass is 35.5. The summed E-state index contributed by atoms with van der Waals surface area (Å²) in [7, 11) is 3.54. The van der Waals surface area contributed by atoms with Crippen LogP contribution in [-0.2, 0) is 0 Å². The normalized spacial score (nSPS) is 10.5. The van der Waals surface area contributed by atoms with Gasteiger partial charge < -0.3 is 14.7 Å². The maximum atomic E-state index is 11.0. The van der Waals surface area contributed by atoms with Crippen LogP contribution < -0.4 is 9.64 Å². The number of carbonyl (C=O) groups is 1. The van der Waals surface area contributed by atoms with Gasteiger partial charge >= 0.3 is 5.97 Å². The van der Waals surface area contributed by atoms with Crippen molar-refractivity contribution in [2.45, 2.75) is 20.0 Å². The van der Waals surface area contributed by atoms with E-state index in [9.17, 15) is 4.79 Å². The molecule has 1 rings (SSSR count). The van der Waals surface area contributed by atoms with Crippen LogP contribution in [0.25, 0.3) is 0 Å². The molecule has 0 unspecified atom stereocenters. The number of carboxylic acid groups (broad SMARTS) is 1. The van der Waals surface area contributed by atoms with Gasteiger partial charge in [-0.3, -0.25) is 0 Å². The summed E-state index contributed by atoms with van der Waals surface area (Å²) < 4.78 is 5.38. The van der Waals surface area contributed by atoms with Crippen LogP contribution in [0.1, 0.15) is 24.2 Å². The molecule has 0 aliphatic rings. The SMILES string of the molecule is CC(C)Oc1nc(N(C)C)c(Cl)cc1C(=O)O. The number of aromatic carboxylic acids is 1. The van der Waals surface area contributed by atoms with Crippen LogP contribution in [0.4, 0.5) is 5.82 Å². The summed E-state index contributed by atoms with van der Waals surface area (Å²) in [5.74, 6) is -0.548. The van der Waals surface area contributed by atoms with Gasteiger partial charge in [-0.15, -0.1) is 0 Å². The lowest BCUT2D eigenvalue weighted by molar-refractivity contribution is 0.0689. The molecule has 1 N–H and O–H groups in total. The molecule has 5 nitrogen and oxygen atoms in total. The Morgan fingerprint density at radius 2 is 2.12 bits per heavy atom. The van der Waals surface area contributed by atoms with Gasteiger partial charge in [0.25, 0.3) is 0 Å². The molecule has 1 heterocycles. The fourth-order valence-electron chi connectivity index (χ4n) is 1.24. The zero-order chi connectivity index (χ0) is 13.2. The van der Waals surface area contributed by atoms with E-state index in [-0.39, 0.29) is 22.6 Å². The number of pyridine rings is 1. The van der Waals surface area contributed by atoms with Crippen LogP contribution in [0.5, 0.6) is 5.88 Å². The number of nitrogens with zero attached hydrogens (tertiary/aromatic N) is 2. The Morgan fingerprint density at radius 1 is 1.53 bits per heavy atom. The Balaban J connectivity index is 3.31. The van der Waals surface area contributed by atoms with Crippen molar-refractivity contribution in [2.24, 2.45) is 0 Å². The van der Waals surface area contributed by atoms with E-state index in [2.05, 4.69) is 4.98 Å². The first-order valence-electron chi connectivity index (χ1n) is 5.10. The molecule has 17 heavy (non-hydrogen) atoms.